The molecule has 122 valence electrons. The molecule has 1 aromatic rings. The molecule has 2 aliphatic rings. The smallest absolute Gasteiger partial charge is 0.126 e. The van der Waals surface area contributed by atoms with E-state index in [9.17, 15) is 8.60 Å². The van der Waals surface area contributed by atoms with Gasteiger partial charge >= 0.3 is 0 Å². The van der Waals surface area contributed by atoms with E-state index in [0.717, 1.165) is 43.5 Å². The van der Waals surface area contributed by atoms with Gasteiger partial charge in [0.25, 0.3) is 0 Å². The molecule has 0 saturated carbocycles. The highest BCUT2D eigenvalue weighted by Crippen LogP contribution is 2.52. The van der Waals surface area contributed by atoms with Crippen molar-refractivity contribution in [2.24, 2.45) is 5.41 Å². The van der Waals surface area contributed by atoms with Gasteiger partial charge in [0, 0.05) is 0 Å². The Morgan fingerprint density at radius 1 is 1.32 bits per heavy atom. The van der Waals surface area contributed by atoms with E-state index in [1.807, 2.05) is 26.8 Å². The van der Waals surface area contributed by atoms with Crippen molar-refractivity contribution in [1.29, 1.82) is 0 Å². The minimum absolute atomic E-state index is 0.0172. The van der Waals surface area contributed by atoms with Crippen molar-refractivity contribution in [3.8, 4) is 0 Å². The van der Waals surface area contributed by atoms with E-state index in [0.29, 0.717) is 0 Å². The Morgan fingerprint density at radius 2 is 2.00 bits per heavy atom. The molecule has 2 N–H and O–H groups in total. The highest BCUT2D eigenvalue weighted by atomic mass is 32.2. The highest BCUT2D eigenvalue weighted by Gasteiger charge is 2.48. The number of rotatable bonds is 2. The molecule has 1 spiro atoms. The number of hydrogen-bond acceptors (Lipinski definition) is 2. The molecular weight excluding hydrogens is 299 g/mol. The molecule has 1 aliphatic carbocycles. The van der Waals surface area contributed by atoms with Gasteiger partial charge in [0.2, 0.25) is 0 Å². The van der Waals surface area contributed by atoms with Gasteiger partial charge in [0.15, 0.2) is 0 Å². The molecule has 1 aromatic carbocycles. The van der Waals surface area contributed by atoms with Crippen molar-refractivity contribution in [3.05, 3.63) is 35.1 Å². The van der Waals surface area contributed by atoms with Crippen LogP contribution in [0.15, 0.2) is 18.2 Å². The molecule has 3 nitrogen and oxygen atoms in total. The fourth-order valence-electron chi connectivity index (χ4n) is 3.68. The first kappa shape index (κ1) is 16.1. The van der Waals surface area contributed by atoms with E-state index in [4.69, 9.17) is 0 Å². The van der Waals surface area contributed by atoms with E-state index >= 15 is 0 Å². The first-order chi connectivity index (χ1) is 10.3. The molecule has 1 saturated heterocycles. The third kappa shape index (κ3) is 2.74. The maximum absolute atomic E-state index is 14.3. The van der Waals surface area contributed by atoms with Crippen LogP contribution in [0.2, 0.25) is 0 Å². The summed E-state index contributed by atoms with van der Waals surface area (Å²) in [6, 6.07) is 5.27. The fraction of sp³-hybridized carbons (Fsp3) is 0.647. The van der Waals surface area contributed by atoms with Crippen molar-refractivity contribution in [2.75, 3.05) is 13.1 Å². The summed E-state index contributed by atoms with van der Waals surface area (Å²) in [6.45, 7) is 7.78. The lowest BCUT2D eigenvalue weighted by atomic mass is 9.73. The van der Waals surface area contributed by atoms with Crippen LogP contribution in [0.25, 0.3) is 0 Å². The van der Waals surface area contributed by atoms with Crippen molar-refractivity contribution in [2.45, 2.75) is 50.8 Å². The number of halogens is 1. The monoisotopic (exact) mass is 324 g/mol. The lowest BCUT2D eigenvalue weighted by molar-refractivity contribution is 0.164. The lowest BCUT2D eigenvalue weighted by Gasteiger charge is -2.40. The van der Waals surface area contributed by atoms with Crippen LogP contribution in [0, 0.1) is 11.2 Å². The minimum atomic E-state index is -1.16. The molecule has 3 rings (SSSR count). The lowest BCUT2D eigenvalue weighted by Crippen LogP contribution is -2.46. The maximum atomic E-state index is 14.3. The summed E-state index contributed by atoms with van der Waals surface area (Å²) in [6.07, 6.45) is 2.72. The Morgan fingerprint density at radius 3 is 2.64 bits per heavy atom. The zero-order valence-electron chi connectivity index (χ0n) is 13.5. The van der Waals surface area contributed by atoms with E-state index in [2.05, 4.69) is 10.0 Å². The molecule has 0 bridgehead atoms. The van der Waals surface area contributed by atoms with Crippen LogP contribution in [0.1, 0.15) is 50.8 Å². The second-order valence-corrected chi connectivity index (χ2v) is 9.53. The summed E-state index contributed by atoms with van der Waals surface area (Å²) < 4.78 is 29.9. The average molecular weight is 324 g/mol. The van der Waals surface area contributed by atoms with E-state index < -0.39 is 11.0 Å². The van der Waals surface area contributed by atoms with E-state index in [1.165, 1.54) is 6.07 Å². The molecule has 0 aromatic heterocycles. The second-order valence-electron chi connectivity index (χ2n) is 7.53. The van der Waals surface area contributed by atoms with Crippen LogP contribution in [-0.2, 0) is 17.4 Å². The van der Waals surface area contributed by atoms with Gasteiger partial charge in [-0.05, 0) is 75.7 Å². The fourth-order valence-corrected chi connectivity index (χ4v) is 4.62. The topological polar surface area (TPSA) is 41.1 Å². The third-order valence-corrected chi connectivity index (χ3v) is 6.55. The predicted octanol–water partition coefficient (Wildman–Crippen LogP) is 2.84. The van der Waals surface area contributed by atoms with Crippen LogP contribution in [0.5, 0.6) is 0 Å². The number of benzene rings is 1. The normalized spacial score (nSPS) is 25.2. The van der Waals surface area contributed by atoms with E-state index in [-0.39, 0.29) is 22.0 Å². The summed E-state index contributed by atoms with van der Waals surface area (Å²) in [4.78, 5) is 0. The van der Waals surface area contributed by atoms with Gasteiger partial charge in [-0.3, -0.25) is 0 Å². The summed E-state index contributed by atoms with van der Waals surface area (Å²) in [7, 11) is -1.16. The molecular formula is C17H25FN2OS. The van der Waals surface area contributed by atoms with Gasteiger partial charge in [-0.25, -0.2) is 13.3 Å². The summed E-state index contributed by atoms with van der Waals surface area (Å²) in [5.41, 5.74) is 1.80. The zero-order valence-corrected chi connectivity index (χ0v) is 14.4. The summed E-state index contributed by atoms with van der Waals surface area (Å²) in [5.74, 6) is -0.124. The zero-order chi connectivity index (χ0) is 16.0. The summed E-state index contributed by atoms with van der Waals surface area (Å²) in [5, 5.41) is 3.38. The van der Waals surface area contributed by atoms with Crippen LogP contribution in [-0.4, -0.2) is 22.0 Å². The number of hydrogen-bond donors (Lipinski definition) is 2. The van der Waals surface area contributed by atoms with Gasteiger partial charge in [0.1, 0.15) is 5.82 Å². The maximum Gasteiger partial charge on any atom is 0.126 e. The first-order valence-electron chi connectivity index (χ1n) is 8.00. The Hall–Kier alpha value is -0.780. The molecule has 2 atom stereocenters. The van der Waals surface area contributed by atoms with Crippen molar-refractivity contribution >= 4 is 11.0 Å². The average Bonchev–Trinajstić information content (AvgIpc) is 2.74. The number of nitrogens with one attached hydrogen (secondary N) is 2. The quantitative estimate of drug-likeness (QED) is 0.878. The Bertz CT molecular complexity index is 591. The van der Waals surface area contributed by atoms with Crippen LogP contribution < -0.4 is 10.0 Å². The standard InChI is InChI=1S/C17H25FN2OS/c1-16(2,3)22(21)20-15-12-5-4-6-14(18)13(12)11-17(15)7-9-19-10-8-17/h4-6,15,19-20H,7-11H2,1-3H3/t15-,22?/m1/s1. The molecule has 22 heavy (non-hydrogen) atoms. The van der Waals surface area contributed by atoms with Gasteiger partial charge in [-0.1, -0.05) is 12.1 Å². The van der Waals surface area contributed by atoms with Gasteiger partial charge in [0.05, 0.1) is 21.8 Å². The first-order valence-corrected chi connectivity index (χ1v) is 9.15. The van der Waals surface area contributed by atoms with Gasteiger partial charge < -0.3 is 5.32 Å². The van der Waals surface area contributed by atoms with E-state index in [1.54, 1.807) is 6.07 Å². The SMILES string of the molecule is CC(C)(C)S(=O)N[C@@H]1c2cccc(F)c2CC12CCNCC2. The molecule has 1 fully saturated rings. The Labute approximate surface area is 134 Å². The molecule has 0 amide bonds. The third-order valence-electron chi connectivity index (χ3n) is 4.99. The van der Waals surface area contributed by atoms with Crippen molar-refractivity contribution < 1.29 is 8.60 Å². The predicted molar refractivity (Wildman–Crippen MR) is 88.4 cm³/mol. The van der Waals surface area contributed by atoms with Gasteiger partial charge in [-0.2, -0.15) is 0 Å². The van der Waals surface area contributed by atoms with Crippen molar-refractivity contribution in [1.82, 2.24) is 10.0 Å². The Balaban J connectivity index is 1.98. The second kappa shape index (κ2) is 5.69. The van der Waals surface area contributed by atoms with Crippen molar-refractivity contribution in [3.63, 3.8) is 0 Å². The molecule has 1 heterocycles. The highest BCUT2D eigenvalue weighted by molar-refractivity contribution is 7.84. The van der Waals surface area contributed by atoms with Crippen LogP contribution in [0.4, 0.5) is 4.39 Å². The molecule has 0 radical (unpaired) electrons. The summed E-state index contributed by atoms with van der Waals surface area (Å²) >= 11 is 0. The molecule has 5 heteroatoms. The van der Waals surface area contributed by atoms with Crippen LogP contribution in [0.3, 0.4) is 0 Å². The number of piperidine rings is 1. The number of fused-ring (bicyclic) bond motifs is 1. The molecule has 1 unspecified atom stereocenters. The van der Waals surface area contributed by atoms with Crippen LogP contribution >= 0.6 is 0 Å². The minimum Gasteiger partial charge on any atom is -0.317 e. The Kier molecular flexibility index (Phi) is 4.16. The largest absolute Gasteiger partial charge is 0.317 e. The molecule has 1 aliphatic heterocycles. The van der Waals surface area contributed by atoms with Gasteiger partial charge in [-0.15, -0.1) is 0 Å².